The molecule has 19 heavy (non-hydrogen) atoms. The number of aryl methyl sites for hydroxylation is 1. The van der Waals surface area contributed by atoms with Gasteiger partial charge in [0.2, 0.25) is 0 Å². The average Bonchev–Trinajstić information content (AvgIpc) is 2.42. The maximum absolute atomic E-state index is 5.79. The molecule has 0 heterocycles. The highest BCUT2D eigenvalue weighted by atomic mass is 16.5. The van der Waals surface area contributed by atoms with E-state index in [1.807, 2.05) is 0 Å². The summed E-state index contributed by atoms with van der Waals surface area (Å²) in [4.78, 5) is 0. The highest BCUT2D eigenvalue weighted by molar-refractivity contribution is 5.37. The van der Waals surface area contributed by atoms with Crippen LogP contribution in [0.4, 0.5) is 0 Å². The van der Waals surface area contributed by atoms with Crippen LogP contribution in [0.3, 0.4) is 0 Å². The monoisotopic (exact) mass is 261 g/mol. The Balaban J connectivity index is 2.66. The van der Waals surface area contributed by atoms with Crippen LogP contribution in [0.2, 0.25) is 0 Å². The molecule has 0 radical (unpaired) electrons. The minimum Gasteiger partial charge on any atom is -0.489 e. The van der Waals surface area contributed by atoms with Gasteiger partial charge in [-0.05, 0) is 56.0 Å². The van der Waals surface area contributed by atoms with Crippen molar-refractivity contribution < 1.29 is 4.74 Å². The average molecular weight is 261 g/mol. The number of rotatable bonds is 8. The van der Waals surface area contributed by atoms with Gasteiger partial charge in [0, 0.05) is 6.04 Å². The zero-order chi connectivity index (χ0) is 14.3. The molecule has 1 rings (SSSR count). The van der Waals surface area contributed by atoms with Crippen molar-refractivity contribution in [3.05, 3.63) is 41.5 Å². The van der Waals surface area contributed by atoms with Crippen molar-refractivity contribution in [2.24, 2.45) is 0 Å². The van der Waals surface area contributed by atoms with Crippen molar-refractivity contribution in [3.63, 3.8) is 0 Å². The Morgan fingerprint density at radius 2 is 2.11 bits per heavy atom. The SMILES string of the molecule is C=C(CC)COc1ccc(C(C)NCCC)cc1C. The molecule has 0 bridgehead atoms. The quantitative estimate of drug-likeness (QED) is 0.700. The van der Waals surface area contributed by atoms with Crippen molar-refractivity contribution in [3.8, 4) is 5.75 Å². The normalized spacial score (nSPS) is 12.2. The van der Waals surface area contributed by atoms with Gasteiger partial charge < -0.3 is 10.1 Å². The van der Waals surface area contributed by atoms with Gasteiger partial charge in [0.25, 0.3) is 0 Å². The second-order valence-electron chi connectivity index (χ2n) is 5.09. The molecule has 1 atom stereocenters. The third-order valence-electron chi connectivity index (χ3n) is 3.33. The van der Waals surface area contributed by atoms with Crippen molar-refractivity contribution in [2.45, 2.75) is 46.6 Å². The molecule has 2 heteroatoms. The van der Waals surface area contributed by atoms with E-state index in [2.05, 4.69) is 57.8 Å². The van der Waals surface area contributed by atoms with E-state index in [0.717, 1.165) is 30.7 Å². The molecule has 0 saturated carbocycles. The molecule has 1 N–H and O–H groups in total. The second kappa shape index (κ2) is 8.00. The smallest absolute Gasteiger partial charge is 0.122 e. The molecule has 106 valence electrons. The summed E-state index contributed by atoms with van der Waals surface area (Å²) < 4.78 is 5.79. The van der Waals surface area contributed by atoms with Crippen molar-refractivity contribution in [2.75, 3.05) is 13.2 Å². The second-order valence-corrected chi connectivity index (χ2v) is 5.09. The Bertz CT molecular complexity index is 412. The Labute approximate surface area is 117 Å². The molecule has 0 aromatic heterocycles. The number of ether oxygens (including phenoxy) is 1. The zero-order valence-electron chi connectivity index (χ0n) is 12.8. The van der Waals surface area contributed by atoms with Gasteiger partial charge in [-0.3, -0.25) is 0 Å². The predicted octanol–water partition coefficient (Wildman–Crippen LogP) is 4.40. The lowest BCUT2D eigenvalue weighted by Crippen LogP contribution is -2.19. The van der Waals surface area contributed by atoms with E-state index in [1.165, 1.54) is 11.1 Å². The summed E-state index contributed by atoms with van der Waals surface area (Å²) in [7, 11) is 0. The Hall–Kier alpha value is -1.28. The fourth-order valence-corrected chi connectivity index (χ4v) is 1.86. The standard InChI is InChI=1S/C17H27NO/c1-6-10-18-15(5)16-8-9-17(14(4)11-16)19-12-13(3)7-2/h8-9,11,15,18H,3,6-7,10,12H2,1-2,4-5H3. The van der Waals surface area contributed by atoms with Gasteiger partial charge in [0.1, 0.15) is 12.4 Å². The maximum atomic E-state index is 5.79. The van der Waals surface area contributed by atoms with Crippen LogP contribution in [-0.2, 0) is 0 Å². The number of nitrogens with one attached hydrogen (secondary N) is 1. The van der Waals surface area contributed by atoms with E-state index in [9.17, 15) is 0 Å². The largest absolute Gasteiger partial charge is 0.489 e. The molecular formula is C17H27NO. The van der Waals surface area contributed by atoms with E-state index in [1.54, 1.807) is 0 Å². The molecule has 0 aliphatic rings. The minimum atomic E-state index is 0.387. The summed E-state index contributed by atoms with van der Waals surface area (Å²) in [6.07, 6.45) is 2.12. The van der Waals surface area contributed by atoms with Gasteiger partial charge in [0.05, 0.1) is 0 Å². The molecule has 0 aliphatic heterocycles. The molecule has 1 aromatic rings. The van der Waals surface area contributed by atoms with Crippen LogP contribution < -0.4 is 10.1 Å². The first-order valence-corrected chi connectivity index (χ1v) is 7.21. The zero-order valence-corrected chi connectivity index (χ0v) is 12.8. The summed E-state index contributed by atoms with van der Waals surface area (Å²) in [5, 5.41) is 3.50. The number of hydrogen-bond acceptors (Lipinski definition) is 2. The van der Waals surface area contributed by atoms with Crippen LogP contribution in [0.15, 0.2) is 30.4 Å². The molecule has 1 aromatic carbocycles. The topological polar surface area (TPSA) is 21.3 Å². The van der Waals surface area contributed by atoms with Crippen LogP contribution in [0.25, 0.3) is 0 Å². The van der Waals surface area contributed by atoms with Gasteiger partial charge in [-0.2, -0.15) is 0 Å². The fraction of sp³-hybridized carbons (Fsp3) is 0.529. The lowest BCUT2D eigenvalue weighted by molar-refractivity contribution is 0.346. The van der Waals surface area contributed by atoms with Gasteiger partial charge in [-0.15, -0.1) is 0 Å². The molecular weight excluding hydrogens is 234 g/mol. The lowest BCUT2D eigenvalue weighted by Gasteiger charge is -2.16. The van der Waals surface area contributed by atoms with Crippen LogP contribution in [-0.4, -0.2) is 13.2 Å². The third-order valence-corrected chi connectivity index (χ3v) is 3.33. The molecule has 0 amide bonds. The van der Waals surface area contributed by atoms with Crippen LogP contribution in [0.5, 0.6) is 5.75 Å². The first-order chi connectivity index (χ1) is 9.08. The van der Waals surface area contributed by atoms with E-state index in [0.29, 0.717) is 12.6 Å². The van der Waals surface area contributed by atoms with Gasteiger partial charge in [-0.1, -0.05) is 32.6 Å². The van der Waals surface area contributed by atoms with Crippen molar-refractivity contribution in [1.29, 1.82) is 0 Å². The van der Waals surface area contributed by atoms with Crippen molar-refractivity contribution in [1.82, 2.24) is 5.32 Å². The Morgan fingerprint density at radius 3 is 2.68 bits per heavy atom. The first-order valence-electron chi connectivity index (χ1n) is 7.21. The number of benzene rings is 1. The van der Waals surface area contributed by atoms with Crippen LogP contribution >= 0.6 is 0 Å². The summed E-state index contributed by atoms with van der Waals surface area (Å²) in [5.74, 6) is 0.959. The highest BCUT2D eigenvalue weighted by Gasteiger charge is 2.07. The van der Waals surface area contributed by atoms with Gasteiger partial charge in [-0.25, -0.2) is 0 Å². The van der Waals surface area contributed by atoms with Crippen molar-refractivity contribution >= 4 is 0 Å². The Kier molecular flexibility index (Phi) is 6.65. The maximum Gasteiger partial charge on any atom is 0.122 e. The summed E-state index contributed by atoms with van der Waals surface area (Å²) in [6, 6.07) is 6.80. The van der Waals surface area contributed by atoms with E-state index in [-0.39, 0.29) is 0 Å². The third kappa shape index (κ3) is 5.07. The first kappa shape index (κ1) is 15.8. The minimum absolute atomic E-state index is 0.387. The Morgan fingerprint density at radius 1 is 1.37 bits per heavy atom. The van der Waals surface area contributed by atoms with E-state index < -0.39 is 0 Å². The lowest BCUT2D eigenvalue weighted by atomic mass is 10.0. The van der Waals surface area contributed by atoms with E-state index >= 15 is 0 Å². The molecule has 0 aliphatic carbocycles. The molecule has 1 unspecified atom stereocenters. The summed E-state index contributed by atoms with van der Waals surface area (Å²) >= 11 is 0. The van der Waals surface area contributed by atoms with Gasteiger partial charge >= 0.3 is 0 Å². The fourth-order valence-electron chi connectivity index (χ4n) is 1.86. The van der Waals surface area contributed by atoms with Gasteiger partial charge in [0.15, 0.2) is 0 Å². The summed E-state index contributed by atoms with van der Waals surface area (Å²) in [5.41, 5.74) is 3.63. The molecule has 2 nitrogen and oxygen atoms in total. The molecule has 0 saturated heterocycles. The van der Waals surface area contributed by atoms with Crippen LogP contribution in [0.1, 0.15) is 50.8 Å². The van der Waals surface area contributed by atoms with E-state index in [4.69, 9.17) is 4.74 Å². The molecule has 0 fully saturated rings. The highest BCUT2D eigenvalue weighted by Crippen LogP contribution is 2.23. The number of hydrogen-bond donors (Lipinski definition) is 1. The van der Waals surface area contributed by atoms with Crippen LogP contribution in [0, 0.1) is 6.92 Å². The molecule has 0 spiro atoms. The summed E-state index contributed by atoms with van der Waals surface area (Å²) in [6.45, 7) is 14.2. The predicted molar refractivity (Wildman–Crippen MR) is 82.8 cm³/mol.